The quantitative estimate of drug-likeness (QED) is 0.776. The average molecular weight is 291 g/mol. The van der Waals surface area contributed by atoms with Crippen molar-refractivity contribution >= 4 is 5.69 Å². The van der Waals surface area contributed by atoms with Gasteiger partial charge >= 0.3 is 0 Å². The lowest BCUT2D eigenvalue weighted by atomic mass is 10.1. The molecule has 0 radical (unpaired) electrons. The number of hydrogen-bond acceptors (Lipinski definition) is 4. The largest absolute Gasteiger partial charge is 0.383 e. The van der Waals surface area contributed by atoms with Crippen LogP contribution in [0.15, 0.2) is 18.2 Å². The van der Waals surface area contributed by atoms with Gasteiger partial charge in [0.25, 0.3) is 0 Å². The van der Waals surface area contributed by atoms with E-state index in [2.05, 4.69) is 54.3 Å². The van der Waals surface area contributed by atoms with Crippen LogP contribution >= 0.6 is 0 Å². The van der Waals surface area contributed by atoms with Crippen LogP contribution in [0, 0.1) is 6.92 Å². The van der Waals surface area contributed by atoms with Crippen LogP contribution in [0.2, 0.25) is 0 Å². The molecule has 1 heterocycles. The van der Waals surface area contributed by atoms with Gasteiger partial charge in [-0.1, -0.05) is 12.1 Å². The van der Waals surface area contributed by atoms with Crippen molar-refractivity contribution in [1.29, 1.82) is 0 Å². The van der Waals surface area contributed by atoms with E-state index in [-0.39, 0.29) is 0 Å². The van der Waals surface area contributed by atoms with E-state index in [0.717, 1.165) is 32.8 Å². The van der Waals surface area contributed by atoms with E-state index in [1.165, 1.54) is 23.2 Å². The van der Waals surface area contributed by atoms with Gasteiger partial charge in [0.05, 0.1) is 6.61 Å². The van der Waals surface area contributed by atoms with E-state index >= 15 is 0 Å². The Labute approximate surface area is 129 Å². The minimum Gasteiger partial charge on any atom is -0.383 e. The van der Waals surface area contributed by atoms with Crippen molar-refractivity contribution in [2.75, 3.05) is 52.3 Å². The summed E-state index contributed by atoms with van der Waals surface area (Å²) in [7, 11) is 6.09. The predicted molar refractivity (Wildman–Crippen MR) is 89.1 cm³/mol. The SMILES string of the molecule is COCCNCc1ccc(N2CCC(N(C)C)C2)c(C)c1. The van der Waals surface area contributed by atoms with Crippen LogP contribution < -0.4 is 10.2 Å². The first-order chi connectivity index (χ1) is 10.1. The second-order valence-electron chi connectivity index (χ2n) is 6.14. The molecule has 21 heavy (non-hydrogen) atoms. The summed E-state index contributed by atoms with van der Waals surface area (Å²) in [5.74, 6) is 0. The third-order valence-corrected chi connectivity index (χ3v) is 4.31. The average Bonchev–Trinajstić information content (AvgIpc) is 2.93. The molecule has 1 aromatic rings. The van der Waals surface area contributed by atoms with Gasteiger partial charge in [-0.15, -0.1) is 0 Å². The molecule has 0 aliphatic carbocycles. The van der Waals surface area contributed by atoms with Crippen molar-refractivity contribution in [3.63, 3.8) is 0 Å². The maximum absolute atomic E-state index is 5.05. The second kappa shape index (κ2) is 7.78. The molecule has 118 valence electrons. The van der Waals surface area contributed by atoms with Crippen LogP contribution in [0.3, 0.4) is 0 Å². The van der Waals surface area contributed by atoms with E-state index in [1.54, 1.807) is 7.11 Å². The summed E-state index contributed by atoms with van der Waals surface area (Å²) < 4.78 is 5.05. The molecular formula is C17H29N3O. The molecule has 0 bridgehead atoms. The highest BCUT2D eigenvalue weighted by molar-refractivity contribution is 5.55. The van der Waals surface area contributed by atoms with Gasteiger partial charge in [0.1, 0.15) is 0 Å². The highest BCUT2D eigenvalue weighted by Crippen LogP contribution is 2.26. The van der Waals surface area contributed by atoms with Gasteiger partial charge in [0.15, 0.2) is 0 Å². The Morgan fingerprint density at radius 2 is 2.19 bits per heavy atom. The highest BCUT2D eigenvalue weighted by atomic mass is 16.5. The second-order valence-corrected chi connectivity index (χ2v) is 6.14. The number of nitrogens with zero attached hydrogens (tertiary/aromatic N) is 2. The molecule has 1 fully saturated rings. The van der Waals surface area contributed by atoms with Crippen LogP contribution in [0.1, 0.15) is 17.5 Å². The van der Waals surface area contributed by atoms with Crippen LogP contribution in [0.25, 0.3) is 0 Å². The molecule has 1 aromatic carbocycles. The Bertz CT molecular complexity index is 448. The molecule has 1 aliphatic heterocycles. The maximum atomic E-state index is 5.05. The molecule has 1 unspecified atom stereocenters. The molecule has 1 saturated heterocycles. The number of likely N-dealkylation sites (N-methyl/N-ethyl adjacent to an activating group) is 1. The van der Waals surface area contributed by atoms with E-state index in [1.807, 2.05) is 0 Å². The molecule has 1 aliphatic rings. The van der Waals surface area contributed by atoms with Gasteiger partial charge in [0.2, 0.25) is 0 Å². The van der Waals surface area contributed by atoms with E-state index < -0.39 is 0 Å². The minimum atomic E-state index is 0.680. The zero-order valence-electron chi connectivity index (χ0n) is 13.9. The molecule has 0 spiro atoms. The smallest absolute Gasteiger partial charge is 0.0587 e. The Morgan fingerprint density at radius 1 is 1.38 bits per heavy atom. The summed E-state index contributed by atoms with van der Waals surface area (Å²) in [5.41, 5.74) is 4.11. The van der Waals surface area contributed by atoms with Crippen molar-refractivity contribution in [2.45, 2.75) is 25.9 Å². The van der Waals surface area contributed by atoms with Gasteiger partial charge in [-0.05, 0) is 44.6 Å². The zero-order chi connectivity index (χ0) is 15.2. The van der Waals surface area contributed by atoms with Crippen molar-refractivity contribution in [3.8, 4) is 0 Å². The maximum Gasteiger partial charge on any atom is 0.0587 e. The lowest BCUT2D eigenvalue weighted by Gasteiger charge is -2.23. The van der Waals surface area contributed by atoms with Gasteiger partial charge < -0.3 is 19.9 Å². The third-order valence-electron chi connectivity index (χ3n) is 4.31. The van der Waals surface area contributed by atoms with Crippen molar-refractivity contribution in [3.05, 3.63) is 29.3 Å². The first-order valence-electron chi connectivity index (χ1n) is 7.82. The predicted octanol–water partition coefficient (Wildman–Crippen LogP) is 1.87. The first kappa shape index (κ1) is 16.3. The summed E-state index contributed by atoms with van der Waals surface area (Å²) in [6, 6.07) is 7.50. The number of methoxy groups -OCH3 is 1. The van der Waals surface area contributed by atoms with Crippen LogP contribution in [-0.4, -0.2) is 58.4 Å². The third kappa shape index (κ3) is 4.43. The van der Waals surface area contributed by atoms with Crippen molar-refractivity contribution in [2.24, 2.45) is 0 Å². The number of nitrogens with one attached hydrogen (secondary N) is 1. The van der Waals surface area contributed by atoms with Gasteiger partial charge in [-0.2, -0.15) is 0 Å². The summed E-state index contributed by atoms with van der Waals surface area (Å²) in [6.45, 7) is 7.08. The van der Waals surface area contributed by atoms with Gasteiger partial charge in [-0.25, -0.2) is 0 Å². The van der Waals surface area contributed by atoms with Crippen molar-refractivity contribution < 1.29 is 4.74 Å². The summed E-state index contributed by atoms with van der Waals surface area (Å²) in [6.07, 6.45) is 1.26. The number of anilines is 1. The van der Waals surface area contributed by atoms with Crippen LogP contribution in [-0.2, 0) is 11.3 Å². The monoisotopic (exact) mass is 291 g/mol. The molecule has 1 N–H and O–H groups in total. The normalized spacial score (nSPS) is 18.7. The molecule has 0 saturated carbocycles. The topological polar surface area (TPSA) is 27.7 Å². The van der Waals surface area contributed by atoms with E-state index in [0.29, 0.717) is 6.04 Å². The number of hydrogen-bond donors (Lipinski definition) is 1. The lowest BCUT2D eigenvalue weighted by Crippen LogP contribution is -2.31. The standard InChI is InChI=1S/C17H29N3O/c1-14-11-15(12-18-8-10-21-4)5-6-17(14)20-9-7-16(13-20)19(2)3/h5-6,11,16,18H,7-10,12-13H2,1-4H3. The van der Waals surface area contributed by atoms with Crippen molar-refractivity contribution in [1.82, 2.24) is 10.2 Å². The van der Waals surface area contributed by atoms with Gasteiger partial charge in [-0.3, -0.25) is 0 Å². The molecule has 1 atom stereocenters. The minimum absolute atomic E-state index is 0.680. The molecule has 4 heteroatoms. The molecular weight excluding hydrogens is 262 g/mol. The fraction of sp³-hybridized carbons (Fsp3) is 0.647. The number of aryl methyl sites for hydroxylation is 1. The lowest BCUT2D eigenvalue weighted by molar-refractivity contribution is 0.199. The van der Waals surface area contributed by atoms with Crippen LogP contribution in [0.5, 0.6) is 0 Å². The summed E-state index contributed by atoms with van der Waals surface area (Å²) in [4.78, 5) is 4.85. The Morgan fingerprint density at radius 3 is 2.81 bits per heavy atom. The highest BCUT2D eigenvalue weighted by Gasteiger charge is 2.24. The van der Waals surface area contributed by atoms with Crippen LogP contribution in [0.4, 0.5) is 5.69 Å². The summed E-state index contributed by atoms with van der Waals surface area (Å²) >= 11 is 0. The zero-order valence-corrected chi connectivity index (χ0v) is 13.9. The number of rotatable bonds is 7. The molecule has 4 nitrogen and oxygen atoms in total. The van der Waals surface area contributed by atoms with Gasteiger partial charge in [0, 0.05) is 45.0 Å². The first-order valence-corrected chi connectivity index (χ1v) is 7.82. The Kier molecular flexibility index (Phi) is 6.03. The number of benzene rings is 1. The number of ether oxygens (including phenoxy) is 1. The van der Waals surface area contributed by atoms with E-state index in [4.69, 9.17) is 4.74 Å². The molecule has 0 amide bonds. The molecule has 2 rings (SSSR count). The van der Waals surface area contributed by atoms with E-state index in [9.17, 15) is 0 Å². The Hall–Kier alpha value is -1.10. The summed E-state index contributed by atoms with van der Waals surface area (Å²) in [5, 5.41) is 3.40. The Balaban J connectivity index is 1.93. The fourth-order valence-corrected chi connectivity index (χ4v) is 2.97. The molecule has 0 aromatic heterocycles. The fourth-order valence-electron chi connectivity index (χ4n) is 2.97.